The summed E-state index contributed by atoms with van der Waals surface area (Å²) in [5.41, 5.74) is 6.77. The predicted octanol–water partition coefficient (Wildman–Crippen LogP) is 2.61. The minimum atomic E-state index is -0.319. The fraction of sp³-hybridized carbons (Fsp3) is 0.526. The van der Waals surface area contributed by atoms with Gasteiger partial charge in [-0.05, 0) is 37.0 Å². The van der Waals surface area contributed by atoms with Gasteiger partial charge >= 0.3 is 0 Å². The van der Waals surface area contributed by atoms with Gasteiger partial charge in [-0.1, -0.05) is 27.2 Å². The zero-order valence-electron chi connectivity index (χ0n) is 15.6. The maximum absolute atomic E-state index is 12.5. The topological polar surface area (TPSA) is 92.5 Å². The predicted molar refractivity (Wildman–Crippen MR) is 104 cm³/mol. The molecule has 7 heteroatoms. The summed E-state index contributed by atoms with van der Waals surface area (Å²) in [5, 5.41) is 2.90. The van der Waals surface area contributed by atoms with Gasteiger partial charge < -0.3 is 11.1 Å². The standard InChI is InChI=1S/C19H27N3O3.ClH/c1-4-5-8-22-18(24)15-7-6-13(10-16(15)19(22)25)17(23)21-14(11-20)9-12(2)3;/h6-7,10,12,14H,4-5,8-9,11,20H2,1-3H3,(H,21,23);1H. The van der Waals surface area contributed by atoms with Gasteiger partial charge in [0, 0.05) is 24.7 Å². The molecule has 1 aromatic carbocycles. The van der Waals surface area contributed by atoms with Crippen molar-refractivity contribution in [2.24, 2.45) is 11.7 Å². The van der Waals surface area contributed by atoms with Crippen LogP contribution in [0.3, 0.4) is 0 Å². The van der Waals surface area contributed by atoms with Gasteiger partial charge in [0.25, 0.3) is 17.7 Å². The quantitative estimate of drug-likeness (QED) is 0.677. The first kappa shape index (κ1) is 22.1. The Morgan fingerprint density at radius 1 is 1.19 bits per heavy atom. The molecule has 144 valence electrons. The van der Waals surface area contributed by atoms with Crippen LogP contribution in [0.25, 0.3) is 0 Å². The van der Waals surface area contributed by atoms with Crippen molar-refractivity contribution < 1.29 is 14.4 Å². The number of hydrogen-bond acceptors (Lipinski definition) is 4. The van der Waals surface area contributed by atoms with Gasteiger partial charge in [-0.15, -0.1) is 12.4 Å². The highest BCUT2D eigenvalue weighted by Gasteiger charge is 2.35. The van der Waals surface area contributed by atoms with Crippen LogP contribution < -0.4 is 11.1 Å². The average Bonchev–Trinajstić information content (AvgIpc) is 2.82. The number of amides is 3. The van der Waals surface area contributed by atoms with E-state index in [9.17, 15) is 14.4 Å². The first-order valence-electron chi connectivity index (χ1n) is 8.90. The Kier molecular flexibility index (Phi) is 8.24. The third-order valence-electron chi connectivity index (χ3n) is 4.34. The van der Waals surface area contributed by atoms with Crippen LogP contribution in [0, 0.1) is 5.92 Å². The van der Waals surface area contributed by atoms with Crippen molar-refractivity contribution in [3.05, 3.63) is 34.9 Å². The fourth-order valence-corrected chi connectivity index (χ4v) is 3.00. The van der Waals surface area contributed by atoms with Crippen LogP contribution in [-0.2, 0) is 0 Å². The third kappa shape index (κ3) is 4.83. The van der Waals surface area contributed by atoms with Crippen molar-refractivity contribution in [2.75, 3.05) is 13.1 Å². The molecule has 0 radical (unpaired) electrons. The van der Waals surface area contributed by atoms with Crippen molar-refractivity contribution in [3.63, 3.8) is 0 Å². The molecule has 0 bridgehead atoms. The molecule has 0 saturated heterocycles. The van der Waals surface area contributed by atoms with E-state index < -0.39 is 0 Å². The minimum absolute atomic E-state index is 0. The van der Waals surface area contributed by atoms with Crippen molar-refractivity contribution in [1.29, 1.82) is 0 Å². The SMILES string of the molecule is CCCCN1C(=O)c2ccc(C(=O)NC(CN)CC(C)C)cc2C1=O.Cl. The van der Waals surface area contributed by atoms with E-state index in [1.807, 2.05) is 6.92 Å². The second kappa shape index (κ2) is 9.69. The largest absolute Gasteiger partial charge is 0.348 e. The van der Waals surface area contributed by atoms with Crippen molar-refractivity contribution >= 4 is 30.1 Å². The molecule has 1 aliphatic rings. The minimum Gasteiger partial charge on any atom is -0.348 e. The number of carbonyl (C=O) groups excluding carboxylic acids is 3. The van der Waals surface area contributed by atoms with E-state index in [2.05, 4.69) is 19.2 Å². The molecule has 1 heterocycles. The number of fused-ring (bicyclic) bond motifs is 1. The molecule has 3 N–H and O–H groups in total. The maximum Gasteiger partial charge on any atom is 0.261 e. The fourth-order valence-electron chi connectivity index (χ4n) is 3.00. The lowest BCUT2D eigenvalue weighted by Gasteiger charge is -2.18. The molecule has 0 saturated carbocycles. The van der Waals surface area contributed by atoms with Gasteiger partial charge in [0.15, 0.2) is 0 Å². The Morgan fingerprint density at radius 3 is 2.42 bits per heavy atom. The van der Waals surface area contributed by atoms with Crippen LogP contribution in [0.4, 0.5) is 0 Å². The van der Waals surface area contributed by atoms with E-state index in [-0.39, 0.29) is 36.2 Å². The molecule has 0 fully saturated rings. The zero-order valence-corrected chi connectivity index (χ0v) is 16.4. The van der Waals surface area contributed by atoms with Gasteiger partial charge in [-0.3, -0.25) is 19.3 Å². The van der Waals surface area contributed by atoms with Crippen LogP contribution in [0.2, 0.25) is 0 Å². The monoisotopic (exact) mass is 381 g/mol. The normalized spacial score (nSPS) is 14.3. The lowest BCUT2D eigenvalue weighted by molar-refractivity contribution is 0.0652. The highest BCUT2D eigenvalue weighted by Crippen LogP contribution is 2.24. The highest BCUT2D eigenvalue weighted by atomic mass is 35.5. The number of nitrogens with zero attached hydrogens (tertiary/aromatic N) is 1. The van der Waals surface area contributed by atoms with E-state index >= 15 is 0 Å². The first-order valence-corrected chi connectivity index (χ1v) is 8.90. The van der Waals surface area contributed by atoms with Crippen LogP contribution in [0.1, 0.15) is 71.1 Å². The van der Waals surface area contributed by atoms with Crippen LogP contribution >= 0.6 is 12.4 Å². The molecule has 0 spiro atoms. The maximum atomic E-state index is 12.5. The smallest absolute Gasteiger partial charge is 0.261 e. The summed E-state index contributed by atoms with van der Waals surface area (Å²) in [6.07, 6.45) is 2.46. The lowest BCUT2D eigenvalue weighted by Crippen LogP contribution is -2.41. The summed E-state index contributed by atoms with van der Waals surface area (Å²) >= 11 is 0. The number of nitrogens with one attached hydrogen (secondary N) is 1. The number of benzene rings is 1. The highest BCUT2D eigenvalue weighted by molar-refractivity contribution is 6.22. The molecule has 6 nitrogen and oxygen atoms in total. The Balaban J connectivity index is 0.00000338. The van der Waals surface area contributed by atoms with Crippen molar-refractivity contribution in [2.45, 2.75) is 46.1 Å². The van der Waals surface area contributed by atoms with Crippen LogP contribution in [0.5, 0.6) is 0 Å². The summed E-state index contributed by atoms with van der Waals surface area (Å²) in [5.74, 6) is -0.452. The molecular formula is C19H28ClN3O3. The van der Waals surface area contributed by atoms with E-state index in [4.69, 9.17) is 5.73 Å². The second-order valence-corrected chi connectivity index (χ2v) is 6.91. The lowest BCUT2D eigenvalue weighted by atomic mass is 10.0. The Labute approximate surface area is 160 Å². The van der Waals surface area contributed by atoms with E-state index in [1.165, 1.54) is 11.0 Å². The summed E-state index contributed by atoms with van der Waals surface area (Å²) in [4.78, 5) is 38.5. The summed E-state index contributed by atoms with van der Waals surface area (Å²) in [6, 6.07) is 4.56. The van der Waals surface area contributed by atoms with Gasteiger partial charge in [0.2, 0.25) is 0 Å². The van der Waals surface area contributed by atoms with Gasteiger partial charge in [-0.2, -0.15) is 0 Å². The molecule has 2 rings (SSSR count). The molecule has 3 amide bonds. The molecule has 26 heavy (non-hydrogen) atoms. The number of hydrogen-bond donors (Lipinski definition) is 2. The molecule has 1 aliphatic heterocycles. The Bertz CT molecular complexity index is 676. The van der Waals surface area contributed by atoms with Gasteiger partial charge in [-0.25, -0.2) is 0 Å². The summed E-state index contributed by atoms with van der Waals surface area (Å²) in [7, 11) is 0. The molecule has 1 atom stereocenters. The average molecular weight is 382 g/mol. The number of imide groups is 1. The number of nitrogens with two attached hydrogens (primary N) is 1. The Morgan fingerprint density at radius 2 is 1.85 bits per heavy atom. The molecule has 0 aliphatic carbocycles. The van der Waals surface area contributed by atoms with Crippen LogP contribution in [-0.4, -0.2) is 41.8 Å². The van der Waals surface area contributed by atoms with Crippen LogP contribution in [0.15, 0.2) is 18.2 Å². The molecule has 0 aromatic heterocycles. The number of unbranched alkanes of at least 4 members (excludes halogenated alkanes) is 1. The van der Waals surface area contributed by atoms with E-state index in [1.54, 1.807) is 12.1 Å². The molecule has 1 unspecified atom stereocenters. The summed E-state index contributed by atoms with van der Waals surface area (Å²) in [6.45, 7) is 6.91. The van der Waals surface area contributed by atoms with Crippen molar-refractivity contribution in [1.82, 2.24) is 10.2 Å². The third-order valence-corrected chi connectivity index (χ3v) is 4.34. The first-order chi connectivity index (χ1) is 11.9. The van der Waals surface area contributed by atoms with Gasteiger partial charge in [0.1, 0.15) is 0 Å². The number of rotatable bonds is 8. The number of carbonyl (C=O) groups is 3. The summed E-state index contributed by atoms with van der Waals surface area (Å²) < 4.78 is 0. The number of halogens is 1. The second-order valence-electron chi connectivity index (χ2n) is 6.91. The molecular weight excluding hydrogens is 354 g/mol. The Hall–Kier alpha value is -1.92. The van der Waals surface area contributed by atoms with E-state index in [0.29, 0.717) is 35.7 Å². The molecule has 1 aromatic rings. The van der Waals surface area contributed by atoms with Gasteiger partial charge in [0.05, 0.1) is 11.1 Å². The van der Waals surface area contributed by atoms with E-state index in [0.717, 1.165) is 19.3 Å². The zero-order chi connectivity index (χ0) is 18.6. The van der Waals surface area contributed by atoms with Crippen molar-refractivity contribution in [3.8, 4) is 0 Å².